The number of halogens is 1. The van der Waals surface area contributed by atoms with Crippen LogP contribution < -0.4 is 22.9 Å². The Morgan fingerprint density at radius 1 is 0.882 bits per heavy atom. The van der Waals surface area contributed by atoms with Crippen molar-refractivity contribution in [2.24, 2.45) is 22.9 Å². The molecule has 10 nitrogen and oxygen atoms in total. The summed E-state index contributed by atoms with van der Waals surface area (Å²) >= 11 is 0. The smallest absolute Gasteiger partial charge is 0.176 e. The van der Waals surface area contributed by atoms with Gasteiger partial charge in [0.05, 0.1) is 18.8 Å². The maximum Gasteiger partial charge on any atom is 0.176 e. The van der Waals surface area contributed by atoms with E-state index < -0.39 is 61.0 Å². The van der Waals surface area contributed by atoms with E-state index in [1.807, 2.05) is 42.5 Å². The van der Waals surface area contributed by atoms with Crippen LogP contribution in [-0.2, 0) is 20.8 Å². The molecule has 0 amide bonds. The highest BCUT2D eigenvalue weighted by Crippen LogP contribution is 2.29. The third-order valence-corrected chi connectivity index (χ3v) is 6.59. The minimum absolute atomic E-state index is 0. The van der Waals surface area contributed by atoms with E-state index in [1.165, 1.54) is 0 Å². The Hall–Kier alpha value is -1.41. The molecule has 1 aliphatic heterocycles. The van der Waals surface area contributed by atoms with Gasteiger partial charge in [-0.15, -0.1) is 12.4 Å². The van der Waals surface area contributed by atoms with E-state index in [1.54, 1.807) is 0 Å². The molecule has 0 bridgehead atoms. The Kier molecular flexibility index (Phi) is 9.23. The summed E-state index contributed by atoms with van der Waals surface area (Å²) in [5, 5.41) is 33.5. The van der Waals surface area contributed by atoms with E-state index in [0.717, 1.165) is 16.3 Å². The molecule has 4 rings (SSSR count). The third-order valence-electron chi connectivity index (χ3n) is 6.59. The number of hydrogen-bond donors (Lipinski definition) is 7. The summed E-state index contributed by atoms with van der Waals surface area (Å²) in [6.45, 7) is 0.222. The van der Waals surface area contributed by atoms with Gasteiger partial charge in [-0.1, -0.05) is 36.4 Å². The molecular formula is C23H35ClN4O6. The highest BCUT2D eigenvalue weighted by molar-refractivity contribution is 5.85. The van der Waals surface area contributed by atoms with Crippen molar-refractivity contribution in [3.63, 3.8) is 0 Å². The van der Waals surface area contributed by atoms with Gasteiger partial charge in [0.2, 0.25) is 0 Å². The van der Waals surface area contributed by atoms with Crippen molar-refractivity contribution < 1.29 is 29.5 Å². The lowest BCUT2D eigenvalue weighted by molar-refractivity contribution is -0.293. The molecule has 0 unspecified atom stereocenters. The van der Waals surface area contributed by atoms with Crippen molar-refractivity contribution in [1.29, 1.82) is 0 Å². The normalized spacial score (nSPS) is 38.4. The van der Waals surface area contributed by atoms with Gasteiger partial charge in [-0.3, -0.25) is 0 Å². The average Bonchev–Trinajstić information content (AvgIpc) is 2.81. The lowest BCUT2D eigenvalue weighted by atomic mass is 9.84. The molecule has 2 fully saturated rings. The number of benzene rings is 2. The lowest BCUT2D eigenvalue weighted by Gasteiger charge is -2.46. The fourth-order valence-electron chi connectivity index (χ4n) is 4.61. The van der Waals surface area contributed by atoms with Crippen LogP contribution in [0.2, 0.25) is 0 Å². The number of ether oxygens (including phenoxy) is 3. The van der Waals surface area contributed by atoms with Crippen LogP contribution >= 0.6 is 12.4 Å². The first-order valence-electron chi connectivity index (χ1n) is 11.2. The van der Waals surface area contributed by atoms with Crippen LogP contribution in [0.15, 0.2) is 42.5 Å². The maximum absolute atomic E-state index is 10.8. The molecule has 34 heavy (non-hydrogen) atoms. The molecule has 0 spiro atoms. The molecular weight excluding hydrogens is 464 g/mol. The Morgan fingerprint density at radius 2 is 1.59 bits per heavy atom. The summed E-state index contributed by atoms with van der Waals surface area (Å²) in [5.74, 6) is 0. The monoisotopic (exact) mass is 498 g/mol. The molecule has 11 N–H and O–H groups in total. The highest BCUT2D eigenvalue weighted by atomic mass is 35.5. The number of nitrogens with two attached hydrogens (primary N) is 4. The Bertz CT molecular complexity index is 941. The highest BCUT2D eigenvalue weighted by Gasteiger charge is 2.48. The predicted octanol–water partition coefficient (Wildman–Crippen LogP) is -1.32. The summed E-state index contributed by atoms with van der Waals surface area (Å²) in [6, 6.07) is 11.8. The van der Waals surface area contributed by atoms with Crippen LogP contribution in [-0.4, -0.2) is 82.9 Å². The molecule has 2 aromatic carbocycles. The van der Waals surface area contributed by atoms with Crippen LogP contribution in [0.5, 0.6) is 0 Å². The van der Waals surface area contributed by atoms with Gasteiger partial charge in [-0.25, -0.2) is 0 Å². The van der Waals surface area contributed by atoms with Gasteiger partial charge >= 0.3 is 0 Å². The summed E-state index contributed by atoms with van der Waals surface area (Å²) in [6.07, 6.45) is -6.95. The Morgan fingerprint density at radius 3 is 2.29 bits per heavy atom. The zero-order chi connectivity index (χ0) is 23.7. The molecule has 1 aliphatic carbocycles. The van der Waals surface area contributed by atoms with Crippen molar-refractivity contribution in [3.8, 4) is 0 Å². The molecule has 0 aromatic heterocycles. The summed E-state index contributed by atoms with van der Waals surface area (Å²) in [5.41, 5.74) is 25.0. The van der Waals surface area contributed by atoms with E-state index in [-0.39, 0.29) is 32.0 Å². The molecule has 10 atom stereocenters. The van der Waals surface area contributed by atoms with Crippen LogP contribution in [0.3, 0.4) is 0 Å². The molecule has 1 saturated carbocycles. The first kappa shape index (κ1) is 27.2. The minimum Gasteiger partial charge on any atom is -0.389 e. The fourth-order valence-corrected chi connectivity index (χ4v) is 4.61. The molecule has 11 heteroatoms. The standard InChI is InChI=1S/C23H34N4O6.ClH/c24-9-16-19(29)22(31-10-11-5-6-12-3-1-2-4-13(12)7-11)17(27)23(32-16)33-21-15(26)8-14(25)18(28)20(21)30;/h1-7,14-23,28-30H,8-10,24-27H2;1H/t14-,15+,16-,17-,18+,19-,20-,21-,22-,23-;/m1./s1. The van der Waals surface area contributed by atoms with Gasteiger partial charge in [-0.05, 0) is 28.8 Å². The Balaban J connectivity index is 0.00000324. The van der Waals surface area contributed by atoms with Crippen molar-refractivity contribution >= 4 is 23.2 Å². The molecule has 2 aromatic rings. The van der Waals surface area contributed by atoms with E-state index in [2.05, 4.69) is 0 Å². The topological polar surface area (TPSA) is 192 Å². The molecule has 0 radical (unpaired) electrons. The molecule has 190 valence electrons. The van der Waals surface area contributed by atoms with Gasteiger partial charge in [0.1, 0.15) is 30.5 Å². The van der Waals surface area contributed by atoms with Gasteiger partial charge < -0.3 is 52.5 Å². The summed E-state index contributed by atoms with van der Waals surface area (Å²) in [4.78, 5) is 0. The van der Waals surface area contributed by atoms with Crippen molar-refractivity contribution in [2.45, 2.75) is 74.1 Å². The quantitative estimate of drug-likeness (QED) is 0.251. The van der Waals surface area contributed by atoms with Gasteiger partial charge in [0.15, 0.2) is 6.29 Å². The number of aliphatic hydroxyl groups excluding tert-OH is 3. The Labute approximate surface area is 204 Å². The molecule has 1 saturated heterocycles. The first-order chi connectivity index (χ1) is 15.8. The maximum atomic E-state index is 10.8. The largest absolute Gasteiger partial charge is 0.389 e. The zero-order valence-electron chi connectivity index (χ0n) is 18.7. The predicted molar refractivity (Wildman–Crippen MR) is 129 cm³/mol. The van der Waals surface area contributed by atoms with Crippen LogP contribution in [0, 0.1) is 0 Å². The van der Waals surface area contributed by atoms with Crippen molar-refractivity contribution in [3.05, 3.63) is 48.0 Å². The SMILES string of the molecule is Cl.NC[C@H]1O[C@H](O[C@H]2[C@H](O)[C@@H](O)[C@H](N)C[C@@H]2N)[C@H](N)[C@@H](OCc2ccc3ccccc3c2)[C@@H]1O. The van der Waals surface area contributed by atoms with Gasteiger partial charge in [0.25, 0.3) is 0 Å². The first-order valence-corrected chi connectivity index (χ1v) is 11.2. The second kappa shape index (κ2) is 11.5. The lowest BCUT2D eigenvalue weighted by Crippen LogP contribution is -2.67. The summed E-state index contributed by atoms with van der Waals surface area (Å²) in [7, 11) is 0. The van der Waals surface area contributed by atoms with E-state index in [4.69, 9.17) is 37.1 Å². The second-order valence-electron chi connectivity index (χ2n) is 8.95. The van der Waals surface area contributed by atoms with Crippen molar-refractivity contribution in [1.82, 2.24) is 0 Å². The number of rotatable bonds is 6. The number of aliphatic hydroxyl groups is 3. The van der Waals surface area contributed by atoms with E-state index in [0.29, 0.717) is 0 Å². The average molecular weight is 499 g/mol. The van der Waals surface area contributed by atoms with Crippen molar-refractivity contribution in [2.75, 3.05) is 6.54 Å². The second-order valence-corrected chi connectivity index (χ2v) is 8.95. The van der Waals surface area contributed by atoms with E-state index >= 15 is 0 Å². The molecule has 2 aliphatic rings. The third kappa shape index (κ3) is 5.53. The fraction of sp³-hybridized carbons (Fsp3) is 0.565. The van der Waals surface area contributed by atoms with Crippen LogP contribution in [0.4, 0.5) is 0 Å². The van der Waals surface area contributed by atoms with Gasteiger partial charge in [-0.2, -0.15) is 0 Å². The van der Waals surface area contributed by atoms with Gasteiger partial charge in [0, 0.05) is 18.6 Å². The number of fused-ring (bicyclic) bond motifs is 1. The van der Waals surface area contributed by atoms with Crippen LogP contribution in [0.25, 0.3) is 10.8 Å². The summed E-state index contributed by atoms with van der Waals surface area (Å²) < 4.78 is 17.7. The molecule has 1 heterocycles. The zero-order valence-corrected chi connectivity index (χ0v) is 19.5. The van der Waals surface area contributed by atoms with Crippen LogP contribution in [0.1, 0.15) is 12.0 Å². The minimum atomic E-state index is -1.31. The number of hydrogen-bond acceptors (Lipinski definition) is 10. The van der Waals surface area contributed by atoms with E-state index in [9.17, 15) is 15.3 Å².